The summed E-state index contributed by atoms with van der Waals surface area (Å²) in [4.78, 5) is 4.91. The van der Waals surface area contributed by atoms with Crippen molar-refractivity contribution in [2.24, 2.45) is 5.92 Å². The summed E-state index contributed by atoms with van der Waals surface area (Å²) in [6.07, 6.45) is 4.08. The Kier molecular flexibility index (Phi) is 2.29. The second kappa shape index (κ2) is 4.17. The summed E-state index contributed by atoms with van der Waals surface area (Å²) in [6, 6.07) is 19.6. The van der Waals surface area contributed by atoms with E-state index in [0.29, 0.717) is 0 Å². The van der Waals surface area contributed by atoms with Crippen molar-refractivity contribution in [2.45, 2.75) is 25.2 Å². The smallest absolute Gasteiger partial charge is 0.0712 e. The van der Waals surface area contributed by atoms with Gasteiger partial charge < -0.3 is 0 Å². The zero-order valence-electron chi connectivity index (χ0n) is 11.9. The molecule has 0 aliphatic heterocycles. The summed E-state index contributed by atoms with van der Waals surface area (Å²) in [5, 5.41) is 1.29. The van der Waals surface area contributed by atoms with Gasteiger partial charge in [0, 0.05) is 10.9 Å². The second-order valence-electron chi connectivity index (χ2n) is 6.54. The Morgan fingerprint density at radius 3 is 2.62 bits per heavy atom. The lowest BCUT2D eigenvalue weighted by Gasteiger charge is -2.42. The maximum atomic E-state index is 4.91. The maximum Gasteiger partial charge on any atom is 0.0712 e. The van der Waals surface area contributed by atoms with Gasteiger partial charge in [-0.3, -0.25) is 0 Å². The average molecular weight is 271 g/mol. The molecule has 3 aromatic rings. The molecular formula is C20H17N. The van der Waals surface area contributed by atoms with Crippen LogP contribution in [0.1, 0.15) is 29.9 Å². The van der Waals surface area contributed by atoms with Crippen LogP contribution >= 0.6 is 0 Å². The van der Waals surface area contributed by atoms with Gasteiger partial charge in [0.2, 0.25) is 0 Å². The van der Waals surface area contributed by atoms with Crippen LogP contribution in [0.25, 0.3) is 22.2 Å². The molecule has 0 spiro atoms. The molecule has 1 heterocycles. The van der Waals surface area contributed by atoms with Crippen molar-refractivity contribution in [1.29, 1.82) is 0 Å². The fraction of sp³-hybridized carbons (Fsp3) is 0.250. The first kappa shape index (κ1) is 11.5. The first-order valence-electron chi connectivity index (χ1n) is 7.86. The zero-order chi connectivity index (χ0) is 13.8. The van der Waals surface area contributed by atoms with E-state index in [1.165, 1.54) is 30.2 Å². The molecule has 0 saturated heterocycles. The van der Waals surface area contributed by atoms with Gasteiger partial charge in [-0.15, -0.1) is 0 Å². The summed E-state index contributed by atoms with van der Waals surface area (Å²) >= 11 is 0. The molecule has 2 aromatic carbocycles. The van der Waals surface area contributed by atoms with Crippen LogP contribution in [0.2, 0.25) is 0 Å². The summed E-state index contributed by atoms with van der Waals surface area (Å²) < 4.78 is 0. The Bertz CT molecular complexity index is 829. The van der Waals surface area contributed by atoms with Crippen LogP contribution in [-0.2, 0) is 6.42 Å². The molecule has 1 aromatic heterocycles. The van der Waals surface area contributed by atoms with E-state index in [-0.39, 0.29) is 0 Å². The molecule has 1 nitrogen and oxygen atoms in total. The number of rotatable bonds is 1. The summed E-state index contributed by atoms with van der Waals surface area (Å²) in [6.45, 7) is 0. The van der Waals surface area contributed by atoms with Crippen molar-refractivity contribution in [3.05, 3.63) is 65.7 Å². The molecule has 1 fully saturated rings. The highest BCUT2D eigenvalue weighted by molar-refractivity contribution is 5.83. The lowest BCUT2D eigenvalue weighted by Crippen LogP contribution is -2.30. The largest absolute Gasteiger partial charge is 0.248 e. The summed E-state index contributed by atoms with van der Waals surface area (Å²) in [7, 11) is 0. The lowest BCUT2D eigenvalue weighted by atomic mass is 9.62. The van der Waals surface area contributed by atoms with E-state index in [1.807, 2.05) is 6.07 Å². The minimum Gasteiger partial charge on any atom is -0.248 e. The van der Waals surface area contributed by atoms with Crippen LogP contribution in [0, 0.1) is 5.92 Å². The van der Waals surface area contributed by atoms with E-state index < -0.39 is 0 Å². The molecule has 1 saturated carbocycles. The van der Waals surface area contributed by atoms with Crippen molar-refractivity contribution in [1.82, 2.24) is 4.98 Å². The highest BCUT2D eigenvalue weighted by Gasteiger charge is 2.37. The van der Waals surface area contributed by atoms with Gasteiger partial charge in [0.15, 0.2) is 0 Å². The Hall–Kier alpha value is -2.15. The first-order chi connectivity index (χ1) is 10.4. The Balaban J connectivity index is 1.68. The Morgan fingerprint density at radius 2 is 1.76 bits per heavy atom. The molecule has 3 aliphatic carbocycles. The topological polar surface area (TPSA) is 12.9 Å². The highest BCUT2D eigenvalue weighted by Crippen LogP contribution is 2.50. The normalized spacial score (nSPS) is 22.7. The highest BCUT2D eigenvalue weighted by atomic mass is 14.7. The number of pyridine rings is 1. The van der Waals surface area contributed by atoms with E-state index in [9.17, 15) is 0 Å². The minimum atomic E-state index is 0.810. The number of hydrogen-bond donors (Lipinski definition) is 0. The van der Waals surface area contributed by atoms with Crippen LogP contribution in [0.4, 0.5) is 0 Å². The van der Waals surface area contributed by atoms with Crippen molar-refractivity contribution in [3.8, 4) is 11.3 Å². The third-order valence-electron chi connectivity index (χ3n) is 5.20. The molecule has 1 heteroatoms. The van der Waals surface area contributed by atoms with Crippen LogP contribution < -0.4 is 0 Å². The summed E-state index contributed by atoms with van der Waals surface area (Å²) in [5.74, 6) is 1.77. The molecule has 0 atom stereocenters. The van der Waals surface area contributed by atoms with Crippen molar-refractivity contribution in [3.63, 3.8) is 0 Å². The number of hydrogen-bond acceptors (Lipinski definition) is 1. The fourth-order valence-electron chi connectivity index (χ4n) is 4.03. The average Bonchev–Trinajstić information content (AvgIpc) is 2.51. The predicted octanol–water partition coefficient (Wildman–Crippen LogP) is 4.95. The van der Waals surface area contributed by atoms with E-state index >= 15 is 0 Å². The first-order valence-corrected chi connectivity index (χ1v) is 7.86. The van der Waals surface area contributed by atoms with Crippen molar-refractivity contribution in [2.75, 3.05) is 0 Å². The van der Waals surface area contributed by atoms with Crippen molar-refractivity contribution >= 4 is 10.9 Å². The Morgan fingerprint density at radius 1 is 0.905 bits per heavy atom. The molecule has 102 valence electrons. The Labute approximate surface area is 124 Å². The molecular weight excluding hydrogens is 254 g/mol. The van der Waals surface area contributed by atoms with Crippen LogP contribution in [0.5, 0.6) is 0 Å². The number of benzene rings is 2. The van der Waals surface area contributed by atoms with Gasteiger partial charge in [-0.2, -0.15) is 0 Å². The van der Waals surface area contributed by atoms with E-state index in [4.69, 9.17) is 4.98 Å². The molecule has 3 aliphatic rings. The van der Waals surface area contributed by atoms with Gasteiger partial charge in [-0.25, -0.2) is 4.98 Å². The van der Waals surface area contributed by atoms with Crippen LogP contribution in [-0.4, -0.2) is 4.98 Å². The van der Waals surface area contributed by atoms with Gasteiger partial charge in [-0.1, -0.05) is 36.4 Å². The van der Waals surface area contributed by atoms with Crippen LogP contribution in [0.3, 0.4) is 0 Å². The number of nitrogens with zero attached hydrogens (tertiary/aromatic N) is 1. The second-order valence-corrected chi connectivity index (χ2v) is 6.54. The minimum absolute atomic E-state index is 0.810. The van der Waals surface area contributed by atoms with Gasteiger partial charge >= 0.3 is 0 Å². The zero-order valence-corrected chi connectivity index (χ0v) is 11.9. The van der Waals surface area contributed by atoms with Gasteiger partial charge in [0.25, 0.3) is 0 Å². The molecule has 0 radical (unpaired) electrons. The number of aromatic nitrogens is 1. The standard InChI is InChI=1S/C20H17N/c1-2-4-14(5-3-1)19-7-6-15-11-17-10-13-8-16(9-13)18(17)12-20(15)21-19/h1-7,11-13,16H,8-10H2. The van der Waals surface area contributed by atoms with E-state index in [0.717, 1.165) is 23.0 Å². The summed E-state index contributed by atoms with van der Waals surface area (Å²) in [5.41, 5.74) is 6.57. The number of fused-ring (bicyclic) bond motifs is 1. The van der Waals surface area contributed by atoms with Gasteiger partial charge in [-0.05, 0) is 60.4 Å². The van der Waals surface area contributed by atoms with Gasteiger partial charge in [0.1, 0.15) is 0 Å². The monoisotopic (exact) mass is 271 g/mol. The predicted molar refractivity (Wildman–Crippen MR) is 86.3 cm³/mol. The lowest BCUT2D eigenvalue weighted by molar-refractivity contribution is 0.238. The molecule has 0 N–H and O–H groups in total. The van der Waals surface area contributed by atoms with E-state index in [1.54, 1.807) is 11.1 Å². The third kappa shape index (κ3) is 1.73. The van der Waals surface area contributed by atoms with Crippen LogP contribution in [0.15, 0.2) is 54.6 Å². The maximum absolute atomic E-state index is 4.91. The fourth-order valence-corrected chi connectivity index (χ4v) is 4.03. The third-order valence-corrected chi connectivity index (χ3v) is 5.20. The molecule has 0 amide bonds. The quantitative estimate of drug-likeness (QED) is 0.610. The van der Waals surface area contributed by atoms with E-state index in [2.05, 4.69) is 48.5 Å². The van der Waals surface area contributed by atoms with Gasteiger partial charge in [0.05, 0.1) is 11.2 Å². The molecule has 2 bridgehead atoms. The SMILES string of the molecule is c1ccc(-c2ccc3cc4c(cc3n2)C2CC(C4)C2)cc1. The molecule has 21 heavy (non-hydrogen) atoms. The molecule has 6 rings (SSSR count). The molecule has 0 unspecified atom stereocenters. The van der Waals surface area contributed by atoms with Crippen molar-refractivity contribution < 1.29 is 0 Å².